The Morgan fingerprint density at radius 1 is 1.32 bits per heavy atom. The summed E-state index contributed by atoms with van der Waals surface area (Å²) in [6, 6.07) is 8.59. The maximum Gasteiger partial charge on any atom is 0.144 e. The number of nitrogens with zero attached hydrogens (tertiary/aromatic N) is 3. The lowest BCUT2D eigenvalue weighted by Gasteiger charge is -2.20. The molecule has 1 atom stereocenters. The third kappa shape index (κ3) is 3.34. The molecule has 0 bridgehead atoms. The van der Waals surface area contributed by atoms with E-state index in [0.717, 1.165) is 29.0 Å². The van der Waals surface area contributed by atoms with Crippen LogP contribution in [0.4, 0.5) is 0 Å². The van der Waals surface area contributed by atoms with Gasteiger partial charge in [-0.25, -0.2) is 4.98 Å². The summed E-state index contributed by atoms with van der Waals surface area (Å²) in [4.78, 5) is 6.93. The molecule has 2 heterocycles. The lowest BCUT2D eigenvalue weighted by Crippen LogP contribution is -2.21. The molecule has 22 heavy (non-hydrogen) atoms. The largest absolute Gasteiger partial charge is 0.364 e. The number of aromatic nitrogens is 2. The predicted molar refractivity (Wildman–Crippen MR) is 104 cm³/mol. The first-order valence-corrected chi connectivity index (χ1v) is 9.49. The zero-order chi connectivity index (χ0) is 15.7. The molecule has 1 aliphatic rings. The van der Waals surface area contributed by atoms with E-state index in [2.05, 4.69) is 93.0 Å². The second kappa shape index (κ2) is 7.14. The average Bonchev–Trinajstić information content (AvgIpc) is 2.68. The molecule has 1 aromatic heterocycles. The number of benzene rings is 1. The van der Waals surface area contributed by atoms with Gasteiger partial charge in [-0.15, -0.1) is 0 Å². The summed E-state index contributed by atoms with van der Waals surface area (Å²) in [6.45, 7) is 2.58. The summed E-state index contributed by atoms with van der Waals surface area (Å²) < 4.78 is 10.8. The van der Waals surface area contributed by atoms with Gasteiger partial charge >= 0.3 is 0 Å². The summed E-state index contributed by atoms with van der Waals surface area (Å²) in [5.41, 5.74) is 2.63. The normalized spacial score (nSPS) is 17.2. The van der Waals surface area contributed by atoms with E-state index in [-0.39, 0.29) is 6.10 Å². The van der Waals surface area contributed by atoms with E-state index < -0.39 is 0 Å². The summed E-state index contributed by atoms with van der Waals surface area (Å²) in [5.74, 6) is 1.04. The molecule has 0 spiro atoms. The van der Waals surface area contributed by atoms with Crippen molar-refractivity contribution in [1.29, 1.82) is 0 Å². The highest BCUT2D eigenvalue weighted by Crippen LogP contribution is 2.33. The molecule has 1 aliphatic heterocycles. The van der Waals surface area contributed by atoms with Crippen LogP contribution >= 0.6 is 45.2 Å². The maximum atomic E-state index is 6.26. The maximum absolute atomic E-state index is 6.26. The van der Waals surface area contributed by atoms with Crippen LogP contribution in [0.5, 0.6) is 0 Å². The van der Waals surface area contributed by atoms with Gasteiger partial charge in [-0.2, -0.15) is 0 Å². The number of fused-ring (bicyclic) bond motifs is 2. The summed E-state index contributed by atoms with van der Waals surface area (Å²) in [5, 5.41) is 0. The molecule has 1 unspecified atom stereocenters. The summed E-state index contributed by atoms with van der Waals surface area (Å²) in [7, 11) is 4.13. The minimum absolute atomic E-state index is 0.0734. The van der Waals surface area contributed by atoms with Crippen molar-refractivity contribution in [2.45, 2.75) is 19.1 Å². The zero-order valence-electron chi connectivity index (χ0n) is 12.7. The Morgan fingerprint density at radius 3 is 2.86 bits per heavy atom. The van der Waals surface area contributed by atoms with Crippen LogP contribution < -0.4 is 0 Å². The van der Waals surface area contributed by atoms with Crippen LogP contribution in [0.15, 0.2) is 24.3 Å². The van der Waals surface area contributed by atoms with Gasteiger partial charge in [0.1, 0.15) is 19.3 Å². The van der Waals surface area contributed by atoms with Gasteiger partial charge in [0, 0.05) is 13.1 Å². The molecule has 0 aliphatic carbocycles. The lowest BCUT2D eigenvalue weighted by molar-refractivity contribution is 0.0620. The highest BCUT2D eigenvalue weighted by atomic mass is 127. The third-order valence-electron chi connectivity index (χ3n) is 3.90. The second-order valence-electron chi connectivity index (χ2n) is 5.71. The van der Waals surface area contributed by atoms with Gasteiger partial charge in [-0.1, -0.05) is 24.3 Å². The van der Waals surface area contributed by atoms with Crippen molar-refractivity contribution < 1.29 is 4.74 Å². The molecule has 0 amide bonds. The van der Waals surface area contributed by atoms with Crippen molar-refractivity contribution in [2.24, 2.45) is 0 Å². The van der Waals surface area contributed by atoms with Crippen LogP contribution in [0.25, 0.3) is 0 Å². The van der Waals surface area contributed by atoms with E-state index in [1.807, 2.05) is 0 Å². The van der Waals surface area contributed by atoms with Gasteiger partial charge in [0.15, 0.2) is 0 Å². The number of likely N-dealkylation sites (N-methyl/N-ethyl adjacent to an activating group) is 1. The topological polar surface area (TPSA) is 30.3 Å². The minimum Gasteiger partial charge on any atom is -0.364 e. The van der Waals surface area contributed by atoms with E-state index >= 15 is 0 Å². The van der Waals surface area contributed by atoms with Crippen LogP contribution in [0.2, 0.25) is 0 Å². The van der Waals surface area contributed by atoms with E-state index in [1.54, 1.807) is 0 Å². The first-order valence-electron chi connectivity index (χ1n) is 7.33. The minimum atomic E-state index is -0.0734. The van der Waals surface area contributed by atoms with Crippen molar-refractivity contribution in [3.63, 3.8) is 0 Å². The van der Waals surface area contributed by atoms with Gasteiger partial charge < -0.3 is 14.2 Å². The van der Waals surface area contributed by atoms with Crippen LogP contribution in [0, 0.1) is 7.40 Å². The fraction of sp³-hybridized carbons (Fsp3) is 0.438. The number of ether oxygens (including phenoxy) is 1. The molecule has 0 fully saturated rings. The summed E-state index contributed by atoms with van der Waals surface area (Å²) >= 11 is 4.70. The number of halogens is 2. The molecule has 4 nitrogen and oxygen atoms in total. The molecular formula is C16H19I2N3O. The summed E-state index contributed by atoms with van der Waals surface area (Å²) in [6.07, 6.45) is 0.953. The molecule has 1 aromatic carbocycles. The molecule has 3 rings (SSSR count). The van der Waals surface area contributed by atoms with Crippen molar-refractivity contribution >= 4 is 45.2 Å². The molecule has 118 valence electrons. The Labute approximate surface area is 158 Å². The van der Waals surface area contributed by atoms with E-state index in [9.17, 15) is 0 Å². The van der Waals surface area contributed by atoms with Gasteiger partial charge in [0.2, 0.25) is 0 Å². The lowest BCUT2D eigenvalue weighted by atomic mass is 10.0. The van der Waals surface area contributed by atoms with Crippen molar-refractivity contribution in [1.82, 2.24) is 14.5 Å². The van der Waals surface area contributed by atoms with Crippen LogP contribution in [0.1, 0.15) is 23.1 Å². The zero-order valence-corrected chi connectivity index (χ0v) is 17.0. The van der Waals surface area contributed by atoms with Gasteiger partial charge in [0.05, 0.1) is 6.61 Å². The van der Waals surface area contributed by atoms with Gasteiger partial charge in [-0.05, 0) is 76.8 Å². The molecule has 2 aromatic rings. The Kier molecular flexibility index (Phi) is 5.41. The van der Waals surface area contributed by atoms with Crippen molar-refractivity contribution in [3.8, 4) is 0 Å². The third-order valence-corrected chi connectivity index (χ3v) is 6.77. The highest BCUT2D eigenvalue weighted by Gasteiger charge is 2.28. The number of imidazole rings is 1. The van der Waals surface area contributed by atoms with E-state index in [1.165, 1.54) is 14.8 Å². The van der Waals surface area contributed by atoms with Crippen molar-refractivity contribution in [2.75, 3.05) is 27.2 Å². The smallest absolute Gasteiger partial charge is 0.144 e. The fourth-order valence-electron chi connectivity index (χ4n) is 2.74. The molecule has 0 radical (unpaired) electrons. The monoisotopic (exact) mass is 523 g/mol. The quantitative estimate of drug-likeness (QED) is 0.577. The SMILES string of the molecule is CN(C)CCOC1c2ccccc2CCn2c1nc(I)c2I. The Bertz CT molecular complexity index is 669. The highest BCUT2D eigenvalue weighted by molar-refractivity contribution is 14.1. The number of hydrogen-bond acceptors (Lipinski definition) is 3. The van der Waals surface area contributed by atoms with Gasteiger partial charge in [0.25, 0.3) is 0 Å². The predicted octanol–water partition coefficient (Wildman–Crippen LogP) is 3.32. The molecule has 0 saturated heterocycles. The number of aryl methyl sites for hydroxylation is 1. The van der Waals surface area contributed by atoms with Crippen LogP contribution in [-0.2, 0) is 17.7 Å². The number of hydrogen-bond donors (Lipinski definition) is 0. The molecule has 0 saturated carbocycles. The first-order chi connectivity index (χ1) is 10.6. The average molecular weight is 523 g/mol. The Balaban J connectivity index is 1.99. The fourth-order valence-corrected chi connectivity index (χ4v) is 3.89. The first kappa shape index (κ1) is 16.7. The van der Waals surface area contributed by atoms with Crippen LogP contribution in [0.3, 0.4) is 0 Å². The van der Waals surface area contributed by atoms with Gasteiger partial charge in [-0.3, -0.25) is 0 Å². The van der Waals surface area contributed by atoms with E-state index in [4.69, 9.17) is 9.72 Å². The van der Waals surface area contributed by atoms with Crippen molar-refractivity contribution in [3.05, 3.63) is 48.6 Å². The number of rotatable bonds is 4. The Hall–Kier alpha value is -0.190. The standard InChI is InChI=1S/C16H19I2N3O/c1-20(2)9-10-22-13-12-6-4-3-5-11(12)7-8-21-15(18)14(17)19-16(13)21/h3-6,13H,7-10H2,1-2H3. The molecule has 6 heteroatoms. The van der Waals surface area contributed by atoms with Crippen LogP contribution in [-0.4, -0.2) is 41.7 Å². The molecular weight excluding hydrogens is 504 g/mol. The second-order valence-corrected chi connectivity index (χ2v) is 7.75. The van der Waals surface area contributed by atoms with E-state index in [0.29, 0.717) is 6.61 Å². The molecule has 0 N–H and O–H groups in total. The Morgan fingerprint density at radius 2 is 2.09 bits per heavy atom.